The first kappa shape index (κ1) is 12.7. The molecule has 1 heterocycles. The molecule has 1 rings (SSSR count). The summed E-state index contributed by atoms with van der Waals surface area (Å²) in [4.78, 5) is 13.8. The van der Waals surface area contributed by atoms with Gasteiger partial charge in [0.1, 0.15) is 0 Å². The lowest BCUT2D eigenvalue weighted by Crippen LogP contribution is -2.29. The third kappa shape index (κ3) is 4.02. The van der Waals surface area contributed by atoms with Gasteiger partial charge in [0.2, 0.25) is 5.76 Å². The second-order valence-corrected chi connectivity index (χ2v) is 3.51. The lowest BCUT2D eigenvalue weighted by Gasteiger charge is -2.17. The molecular formula is C11H19N3O2. The normalized spacial score (nSPS) is 10.7. The van der Waals surface area contributed by atoms with E-state index >= 15 is 0 Å². The predicted molar refractivity (Wildman–Crippen MR) is 61.2 cm³/mol. The molecule has 1 aromatic rings. The molecule has 0 aliphatic heterocycles. The highest BCUT2D eigenvalue weighted by Crippen LogP contribution is 1.96. The molecule has 0 spiro atoms. The van der Waals surface area contributed by atoms with E-state index in [-0.39, 0.29) is 11.7 Å². The molecule has 0 fully saturated rings. The van der Waals surface area contributed by atoms with Crippen molar-refractivity contribution in [1.82, 2.24) is 15.4 Å². The largest absolute Gasteiger partial charge is 0.351 e. The average molecular weight is 225 g/mol. The lowest BCUT2D eigenvalue weighted by molar-refractivity contribution is 0.0915. The minimum absolute atomic E-state index is 0.197. The summed E-state index contributed by atoms with van der Waals surface area (Å²) >= 11 is 0. The Morgan fingerprint density at radius 1 is 1.50 bits per heavy atom. The van der Waals surface area contributed by atoms with Crippen LogP contribution in [0.1, 0.15) is 30.8 Å². The zero-order chi connectivity index (χ0) is 11.8. The molecule has 0 saturated heterocycles. The zero-order valence-corrected chi connectivity index (χ0v) is 9.90. The molecule has 0 aliphatic rings. The maximum atomic E-state index is 11.4. The van der Waals surface area contributed by atoms with Gasteiger partial charge in [-0.2, -0.15) is 0 Å². The summed E-state index contributed by atoms with van der Waals surface area (Å²) in [6, 6.07) is 1.56. The van der Waals surface area contributed by atoms with Gasteiger partial charge in [0.25, 0.3) is 5.91 Å². The summed E-state index contributed by atoms with van der Waals surface area (Å²) in [6.07, 6.45) is 2.41. The van der Waals surface area contributed by atoms with E-state index in [0.29, 0.717) is 6.54 Å². The topological polar surface area (TPSA) is 58.4 Å². The van der Waals surface area contributed by atoms with E-state index in [9.17, 15) is 4.79 Å². The van der Waals surface area contributed by atoms with Gasteiger partial charge in [-0.3, -0.25) is 4.79 Å². The SMILES string of the molecule is CCN(CC)CCCNC(=O)c1ccno1. The number of aromatic nitrogens is 1. The Balaban J connectivity index is 2.14. The first-order valence-electron chi connectivity index (χ1n) is 5.69. The van der Waals surface area contributed by atoms with Crippen molar-refractivity contribution in [2.75, 3.05) is 26.2 Å². The van der Waals surface area contributed by atoms with Gasteiger partial charge < -0.3 is 14.7 Å². The van der Waals surface area contributed by atoms with E-state index in [1.165, 1.54) is 6.20 Å². The lowest BCUT2D eigenvalue weighted by atomic mass is 10.3. The molecule has 0 aliphatic carbocycles. The number of rotatable bonds is 7. The zero-order valence-electron chi connectivity index (χ0n) is 9.90. The molecular weight excluding hydrogens is 206 g/mol. The summed E-state index contributed by atoms with van der Waals surface area (Å²) in [7, 11) is 0. The van der Waals surface area contributed by atoms with Crippen LogP contribution in [-0.2, 0) is 0 Å². The summed E-state index contributed by atoms with van der Waals surface area (Å²) in [5.41, 5.74) is 0. The Bertz CT molecular complexity index is 294. The Morgan fingerprint density at radius 3 is 2.81 bits per heavy atom. The van der Waals surface area contributed by atoms with Crippen LogP contribution in [0, 0.1) is 0 Å². The number of amides is 1. The molecule has 1 amide bonds. The maximum absolute atomic E-state index is 11.4. The molecule has 0 bridgehead atoms. The highest BCUT2D eigenvalue weighted by molar-refractivity contribution is 5.91. The van der Waals surface area contributed by atoms with Crippen LogP contribution in [0.2, 0.25) is 0 Å². The van der Waals surface area contributed by atoms with Crippen molar-refractivity contribution in [3.8, 4) is 0 Å². The highest BCUT2D eigenvalue weighted by atomic mass is 16.5. The monoisotopic (exact) mass is 225 g/mol. The van der Waals surface area contributed by atoms with Gasteiger partial charge in [-0.1, -0.05) is 19.0 Å². The first-order valence-corrected chi connectivity index (χ1v) is 5.69. The molecule has 0 saturated carbocycles. The van der Waals surface area contributed by atoms with Crippen molar-refractivity contribution in [3.63, 3.8) is 0 Å². The fourth-order valence-electron chi connectivity index (χ4n) is 1.46. The van der Waals surface area contributed by atoms with E-state index in [0.717, 1.165) is 26.1 Å². The summed E-state index contributed by atoms with van der Waals surface area (Å²) < 4.78 is 4.74. The Labute approximate surface area is 95.8 Å². The van der Waals surface area contributed by atoms with E-state index < -0.39 is 0 Å². The average Bonchev–Trinajstić information content (AvgIpc) is 2.82. The minimum atomic E-state index is -0.197. The predicted octanol–water partition coefficient (Wildman–Crippen LogP) is 1.14. The number of hydrogen-bond acceptors (Lipinski definition) is 4. The van der Waals surface area contributed by atoms with Crippen molar-refractivity contribution >= 4 is 5.91 Å². The van der Waals surface area contributed by atoms with Gasteiger partial charge in [0, 0.05) is 12.6 Å². The molecule has 1 N–H and O–H groups in total. The molecule has 5 heteroatoms. The maximum Gasteiger partial charge on any atom is 0.289 e. The van der Waals surface area contributed by atoms with Crippen molar-refractivity contribution in [3.05, 3.63) is 18.0 Å². The van der Waals surface area contributed by atoms with Crippen LogP contribution in [0.25, 0.3) is 0 Å². The first-order chi connectivity index (χ1) is 7.77. The molecule has 0 radical (unpaired) electrons. The molecule has 0 aromatic carbocycles. The van der Waals surface area contributed by atoms with Gasteiger partial charge in [0.15, 0.2) is 0 Å². The number of hydrogen-bond donors (Lipinski definition) is 1. The van der Waals surface area contributed by atoms with Crippen LogP contribution in [0.4, 0.5) is 0 Å². The third-order valence-corrected chi connectivity index (χ3v) is 2.49. The van der Waals surface area contributed by atoms with Gasteiger partial charge in [-0.15, -0.1) is 0 Å². The summed E-state index contributed by atoms with van der Waals surface area (Å²) in [5, 5.41) is 6.27. The van der Waals surface area contributed by atoms with Crippen LogP contribution in [0.15, 0.2) is 16.8 Å². The molecule has 5 nitrogen and oxygen atoms in total. The fourth-order valence-corrected chi connectivity index (χ4v) is 1.46. The summed E-state index contributed by atoms with van der Waals surface area (Å²) in [5.74, 6) is 0.0693. The fraction of sp³-hybridized carbons (Fsp3) is 0.636. The van der Waals surface area contributed by atoms with Gasteiger partial charge in [0.05, 0.1) is 6.20 Å². The second-order valence-electron chi connectivity index (χ2n) is 3.51. The van der Waals surface area contributed by atoms with Crippen LogP contribution >= 0.6 is 0 Å². The number of nitrogens with zero attached hydrogens (tertiary/aromatic N) is 2. The van der Waals surface area contributed by atoms with E-state index in [4.69, 9.17) is 4.52 Å². The summed E-state index contributed by atoms with van der Waals surface area (Å²) in [6.45, 7) is 8.03. The van der Waals surface area contributed by atoms with E-state index in [2.05, 4.69) is 29.2 Å². The molecule has 0 unspecified atom stereocenters. The third-order valence-electron chi connectivity index (χ3n) is 2.49. The van der Waals surface area contributed by atoms with Crippen molar-refractivity contribution < 1.29 is 9.32 Å². The number of carbonyl (C=O) groups excluding carboxylic acids is 1. The van der Waals surface area contributed by atoms with Crippen LogP contribution in [0.3, 0.4) is 0 Å². The standard InChI is InChI=1S/C11H19N3O2/c1-3-14(4-2)9-5-7-12-11(15)10-6-8-13-16-10/h6,8H,3-5,7,9H2,1-2H3,(H,12,15). The number of carbonyl (C=O) groups is 1. The second kappa shape index (κ2) is 7.00. The van der Waals surface area contributed by atoms with Gasteiger partial charge >= 0.3 is 0 Å². The minimum Gasteiger partial charge on any atom is -0.351 e. The van der Waals surface area contributed by atoms with Crippen LogP contribution < -0.4 is 5.32 Å². The van der Waals surface area contributed by atoms with Crippen molar-refractivity contribution in [1.29, 1.82) is 0 Å². The molecule has 0 atom stereocenters. The van der Waals surface area contributed by atoms with Crippen LogP contribution in [-0.4, -0.2) is 42.1 Å². The molecule has 16 heavy (non-hydrogen) atoms. The highest BCUT2D eigenvalue weighted by Gasteiger charge is 2.08. The van der Waals surface area contributed by atoms with Crippen molar-refractivity contribution in [2.45, 2.75) is 20.3 Å². The quantitative estimate of drug-likeness (QED) is 0.707. The number of nitrogens with one attached hydrogen (secondary N) is 1. The molecule has 1 aromatic heterocycles. The van der Waals surface area contributed by atoms with E-state index in [1.807, 2.05) is 0 Å². The van der Waals surface area contributed by atoms with Crippen LogP contribution in [0.5, 0.6) is 0 Å². The molecule has 90 valence electrons. The Hall–Kier alpha value is -1.36. The Kier molecular flexibility index (Phi) is 5.56. The van der Waals surface area contributed by atoms with Gasteiger partial charge in [-0.05, 0) is 26.1 Å². The van der Waals surface area contributed by atoms with Gasteiger partial charge in [-0.25, -0.2) is 0 Å². The van der Waals surface area contributed by atoms with Crippen molar-refractivity contribution in [2.24, 2.45) is 0 Å². The Morgan fingerprint density at radius 2 is 2.25 bits per heavy atom. The smallest absolute Gasteiger partial charge is 0.289 e. The van der Waals surface area contributed by atoms with E-state index in [1.54, 1.807) is 6.07 Å².